The van der Waals surface area contributed by atoms with Crippen LogP contribution in [-0.4, -0.2) is 32.5 Å². The zero-order valence-electron chi connectivity index (χ0n) is 18.2. The standard InChI is InChI=1S/C24H32N4OS/c1-15-6-4-5-7-20(15)22-26-27-23(28(22)3)30-14-21(29)25-16(2)24-11-17-8-18(12-24)10-19(9-17)13-24/h4-7,16-19H,8-14H2,1-3H3,(H,25,29)/t16-,17?,18?,19?,24?/m1/s1. The zero-order chi connectivity index (χ0) is 20.9. The average Bonchev–Trinajstić information content (AvgIpc) is 3.06. The van der Waals surface area contributed by atoms with E-state index in [1.54, 1.807) is 0 Å². The van der Waals surface area contributed by atoms with Gasteiger partial charge in [-0.2, -0.15) is 0 Å². The minimum atomic E-state index is 0.115. The minimum absolute atomic E-state index is 0.115. The Bertz CT molecular complexity index is 917. The van der Waals surface area contributed by atoms with Crippen molar-refractivity contribution in [3.05, 3.63) is 29.8 Å². The van der Waals surface area contributed by atoms with Crippen molar-refractivity contribution in [3.8, 4) is 11.4 Å². The number of carbonyl (C=O) groups is 1. The lowest BCUT2D eigenvalue weighted by Gasteiger charge is -2.59. The second-order valence-electron chi connectivity index (χ2n) is 10.0. The van der Waals surface area contributed by atoms with E-state index in [-0.39, 0.29) is 11.9 Å². The van der Waals surface area contributed by atoms with E-state index in [0.29, 0.717) is 11.2 Å². The Morgan fingerprint density at radius 1 is 1.17 bits per heavy atom. The molecule has 160 valence electrons. The number of nitrogens with one attached hydrogen (secondary N) is 1. The maximum Gasteiger partial charge on any atom is 0.230 e. The molecule has 2 aromatic rings. The molecule has 0 saturated heterocycles. The summed E-state index contributed by atoms with van der Waals surface area (Å²) < 4.78 is 1.99. The van der Waals surface area contributed by atoms with Crippen LogP contribution in [0.15, 0.2) is 29.4 Å². The molecule has 1 heterocycles. The van der Waals surface area contributed by atoms with Gasteiger partial charge in [0.15, 0.2) is 11.0 Å². The van der Waals surface area contributed by atoms with E-state index in [1.165, 1.54) is 55.9 Å². The number of hydrogen-bond donors (Lipinski definition) is 1. The molecule has 4 aliphatic carbocycles. The first kappa shape index (κ1) is 20.1. The third-order valence-electron chi connectivity index (χ3n) is 7.93. The molecular weight excluding hydrogens is 392 g/mol. The first-order valence-corrected chi connectivity index (χ1v) is 12.3. The predicted molar refractivity (Wildman–Crippen MR) is 120 cm³/mol. The van der Waals surface area contributed by atoms with Gasteiger partial charge in [-0.3, -0.25) is 4.79 Å². The molecule has 30 heavy (non-hydrogen) atoms. The molecule has 6 heteroatoms. The van der Waals surface area contributed by atoms with Gasteiger partial charge in [-0.05, 0) is 81.1 Å². The van der Waals surface area contributed by atoms with Crippen LogP contribution >= 0.6 is 11.8 Å². The number of benzene rings is 1. The average molecular weight is 425 g/mol. The molecule has 0 aliphatic heterocycles. The number of rotatable bonds is 6. The van der Waals surface area contributed by atoms with Gasteiger partial charge in [0, 0.05) is 18.7 Å². The third kappa shape index (κ3) is 3.57. The molecular formula is C24H32N4OS. The number of nitrogens with zero attached hydrogens (tertiary/aromatic N) is 3. The molecule has 4 bridgehead atoms. The maximum atomic E-state index is 12.8. The molecule has 4 aliphatic rings. The van der Waals surface area contributed by atoms with E-state index >= 15 is 0 Å². The van der Waals surface area contributed by atoms with E-state index < -0.39 is 0 Å². The van der Waals surface area contributed by atoms with Gasteiger partial charge in [0.2, 0.25) is 5.91 Å². The van der Waals surface area contributed by atoms with Crippen molar-refractivity contribution in [1.29, 1.82) is 0 Å². The van der Waals surface area contributed by atoms with Crippen molar-refractivity contribution >= 4 is 17.7 Å². The quantitative estimate of drug-likeness (QED) is 0.688. The predicted octanol–water partition coefficient (Wildman–Crippen LogP) is 4.60. The summed E-state index contributed by atoms with van der Waals surface area (Å²) in [4.78, 5) is 12.8. The monoisotopic (exact) mass is 424 g/mol. The van der Waals surface area contributed by atoms with Crippen LogP contribution in [0.25, 0.3) is 11.4 Å². The van der Waals surface area contributed by atoms with Crippen LogP contribution < -0.4 is 5.32 Å². The van der Waals surface area contributed by atoms with Crippen LogP contribution in [-0.2, 0) is 11.8 Å². The highest BCUT2D eigenvalue weighted by Crippen LogP contribution is 2.61. The number of hydrogen-bond acceptors (Lipinski definition) is 4. The van der Waals surface area contributed by atoms with Gasteiger partial charge in [0.05, 0.1) is 5.75 Å². The molecule has 4 saturated carbocycles. The van der Waals surface area contributed by atoms with Crippen LogP contribution in [0, 0.1) is 30.1 Å². The molecule has 0 unspecified atom stereocenters. The molecule has 1 aromatic heterocycles. The second-order valence-corrected chi connectivity index (χ2v) is 11.0. The van der Waals surface area contributed by atoms with Gasteiger partial charge in [0.1, 0.15) is 0 Å². The summed E-state index contributed by atoms with van der Waals surface area (Å²) in [6.45, 7) is 4.32. The summed E-state index contributed by atoms with van der Waals surface area (Å²) in [6, 6.07) is 8.45. The van der Waals surface area contributed by atoms with Crippen molar-refractivity contribution in [2.75, 3.05) is 5.75 Å². The highest BCUT2D eigenvalue weighted by molar-refractivity contribution is 7.99. The smallest absolute Gasteiger partial charge is 0.230 e. The molecule has 1 atom stereocenters. The van der Waals surface area contributed by atoms with E-state index in [2.05, 4.69) is 41.5 Å². The summed E-state index contributed by atoms with van der Waals surface area (Å²) in [6.07, 6.45) is 8.26. The van der Waals surface area contributed by atoms with Crippen LogP contribution in [0.1, 0.15) is 51.0 Å². The summed E-state index contributed by atoms with van der Waals surface area (Å²) in [7, 11) is 1.97. The lowest BCUT2D eigenvalue weighted by molar-refractivity contribution is -0.123. The fourth-order valence-corrected chi connectivity index (χ4v) is 7.50. The third-order valence-corrected chi connectivity index (χ3v) is 8.96. The first-order valence-electron chi connectivity index (χ1n) is 11.3. The van der Waals surface area contributed by atoms with Gasteiger partial charge in [-0.25, -0.2) is 0 Å². The Morgan fingerprint density at radius 3 is 2.43 bits per heavy atom. The van der Waals surface area contributed by atoms with Gasteiger partial charge < -0.3 is 9.88 Å². The fraction of sp³-hybridized carbons (Fsp3) is 0.625. The van der Waals surface area contributed by atoms with Crippen LogP contribution in [0.3, 0.4) is 0 Å². The van der Waals surface area contributed by atoms with Crippen LogP contribution in [0.2, 0.25) is 0 Å². The summed E-state index contributed by atoms with van der Waals surface area (Å²) in [5.74, 6) is 4.06. The van der Waals surface area contributed by atoms with E-state index in [4.69, 9.17) is 0 Å². The van der Waals surface area contributed by atoms with Gasteiger partial charge in [0.25, 0.3) is 0 Å². The van der Waals surface area contributed by atoms with E-state index in [0.717, 1.165) is 34.3 Å². The van der Waals surface area contributed by atoms with E-state index in [1.807, 2.05) is 23.7 Å². The maximum absolute atomic E-state index is 12.8. The minimum Gasteiger partial charge on any atom is -0.352 e. The molecule has 6 rings (SSSR count). The SMILES string of the molecule is Cc1ccccc1-c1nnc(SCC(=O)N[C@H](C)C23CC4CC(CC(C4)C2)C3)n1C. The molecule has 0 radical (unpaired) electrons. The molecule has 1 N–H and O–H groups in total. The van der Waals surface area contributed by atoms with Crippen LogP contribution in [0.4, 0.5) is 0 Å². The second kappa shape index (κ2) is 7.70. The first-order chi connectivity index (χ1) is 14.4. The zero-order valence-corrected chi connectivity index (χ0v) is 19.0. The fourth-order valence-electron chi connectivity index (χ4n) is 6.77. The van der Waals surface area contributed by atoms with Crippen molar-refractivity contribution in [2.45, 2.75) is 63.6 Å². The molecule has 0 spiro atoms. The molecule has 4 fully saturated rings. The number of aromatic nitrogens is 3. The van der Waals surface area contributed by atoms with Crippen molar-refractivity contribution in [2.24, 2.45) is 30.2 Å². The number of aryl methyl sites for hydroxylation is 1. The van der Waals surface area contributed by atoms with E-state index in [9.17, 15) is 4.79 Å². The number of carbonyl (C=O) groups excluding carboxylic acids is 1. The molecule has 5 nitrogen and oxygen atoms in total. The Labute approximate surface area is 183 Å². The Balaban J connectivity index is 1.21. The lowest BCUT2D eigenvalue weighted by atomic mass is 9.48. The van der Waals surface area contributed by atoms with Crippen LogP contribution in [0.5, 0.6) is 0 Å². The lowest BCUT2D eigenvalue weighted by Crippen LogP contribution is -2.56. The highest BCUT2D eigenvalue weighted by Gasteiger charge is 2.53. The Morgan fingerprint density at radius 2 is 1.80 bits per heavy atom. The normalized spacial score (nSPS) is 30.4. The molecule has 1 amide bonds. The van der Waals surface area contributed by atoms with Crippen molar-refractivity contribution in [3.63, 3.8) is 0 Å². The Hall–Kier alpha value is -1.82. The van der Waals surface area contributed by atoms with Crippen molar-refractivity contribution in [1.82, 2.24) is 20.1 Å². The van der Waals surface area contributed by atoms with Gasteiger partial charge in [-0.15, -0.1) is 10.2 Å². The number of amides is 1. The highest BCUT2D eigenvalue weighted by atomic mass is 32.2. The summed E-state index contributed by atoms with van der Waals surface area (Å²) in [5.41, 5.74) is 2.60. The summed E-state index contributed by atoms with van der Waals surface area (Å²) in [5, 5.41) is 12.8. The largest absolute Gasteiger partial charge is 0.352 e. The number of thioether (sulfide) groups is 1. The topological polar surface area (TPSA) is 59.8 Å². The molecule has 1 aromatic carbocycles. The van der Waals surface area contributed by atoms with Crippen molar-refractivity contribution < 1.29 is 4.79 Å². The van der Waals surface area contributed by atoms with Gasteiger partial charge >= 0.3 is 0 Å². The Kier molecular flexibility index (Phi) is 5.16. The van der Waals surface area contributed by atoms with Gasteiger partial charge in [-0.1, -0.05) is 36.0 Å². The summed E-state index contributed by atoms with van der Waals surface area (Å²) >= 11 is 1.47.